The molecule has 0 aliphatic rings. The van der Waals surface area contributed by atoms with Crippen molar-refractivity contribution in [2.45, 2.75) is 39.4 Å². The van der Waals surface area contributed by atoms with Crippen molar-refractivity contribution in [1.29, 1.82) is 0 Å². The predicted octanol–water partition coefficient (Wildman–Crippen LogP) is 8.43. The van der Waals surface area contributed by atoms with Gasteiger partial charge in [0, 0.05) is 29.5 Å². The number of rotatable bonds is 7. The standard InChI is InChI=1S/C32H30F3N3O4/c1-5-38(31(2,3)4)30(40)42-28-17-16-22(20-25(28)26-14-8-9-18-36-26)37-29(39)24-13-6-7-15-27(24)41-23-12-10-11-21(19-23)32(33,34)35/h6-20H,5H2,1-4H3,(H,37,39). The van der Waals surface area contributed by atoms with Gasteiger partial charge in [-0.15, -0.1) is 0 Å². The molecule has 0 fully saturated rings. The Morgan fingerprint density at radius 1 is 0.881 bits per heavy atom. The fourth-order valence-electron chi connectivity index (χ4n) is 4.25. The summed E-state index contributed by atoms with van der Waals surface area (Å²) in [6.45, 7) is 8.02. The van der Waals surface area contributed by atoms with E-state index in [1.807, 2.05) is 27.7 Å². The number of ether oxygens (including phenoxy) is 2. The number of para-hydroxylation sites is 1. The highest BCUT2D eigenvalue weighted by molar-refractivity contribution is 6.06. The van der Waals surface area contributed by atoms with Crippen LogP contribution in [-0.2, 0) is 6.18 Å². The minimum absolute atomic E-state index is 0.0648. The van der Waals surface area contributed by atoms with E-state index < -0.39 is 29.3 Å². The average molecular weight is 578 g/mol. The minimum atomic E-state index is -4.54. The maximum atomic E-state index is 13.3. The van der Waals surface area contributed by atoms with Crippen LogP contribution in [0.25, 0.3) is 11.3 Å². The second kappa shape index (κ2) is 12.3. The number of carbonyl (C=O) groups is 2. The van der Waals surface area contributed by atoms with Crippen LogP contribution in [0.3, 0.4) is 0 Å². The van der Waals surface area contributed by atoms with E-state index in [1.165, 1.54) is 24.3 Å². The molecule has 1 heterocycles. The van der Waals surface area contributed by atoms with Gasteiger partial charge >= 0.3 is 12.3 Å². The molecule has 0 radical (unpaired) electrons. The molecule has 0 bridgehead atoms. The van der Waals surface area contributed by atoms with Crippen LogP contribution in [0.5, 0.6) is 17.2 Å². The molecular weight excluding hydrogens is 547 g/mol. The lowest BCUT2D eigenvalue weighted by Gasteiger charge is -2.33. The van der Waals surface area contributed by atoms with Gasteiger partial charge in [-0.1, -0.05) is 24.3 Å². The number of hydrogen-bond donors (Lipinski definition) is 1. The first-order valence-electron chi connectivity index (χ1n) is 13.2. The monoisotopic (exact) mass is 577 g/mol. The number of nitrogens with zero attached hydrogens (tertiary/aromatic N) is 2. The van der Waals surface area contributed by atoms with Crippen molar-refractivity contribution in [2.75, 3.05) is 11.9 Å². The topological polar surface area (TPSA) is 80.8 Å². The fourth-order valence-corrected chi connectivity index (χ4v) is 4.25. The van der Waals surface area contributed by atoms with Crippen molar-refractivity contribution in [1.82, 2.24) is 9.88 Å². The molecule has 1 aromatic heterocycles. The number of anilines is 1. The van der Waals surface area contributed by atoms with Crippen LogP contribution in [0.1, 0.15) is 43.6 Å². The van der Waals surface area contributed by atoms with Gasteiger partial charge in [-0.3, -0.25) is 9.78 Å². The van der Waals surface area contributed by atoms with Gasteiger partial charge in [0.05, 0.1) is 16.8 Å². The highest BCUT2D eigenvalue weighted by Gasteiger charge is 2.31. The van der Waals surface area contributed by atoms with Crippen molar-refractivity contribution in [3.8, 4) is 28.5 Å². The number of amides is 2. The zero-order valence-corrected chi connectivity index (χ0v) is 23.5. The molecule has 0 aliphatic carbocycles. The van der Waals surface area contributed by atoms with Crippen LogP contribution in [-0.4, -0.2) is 34.0 Å². The summed E-state index contributed by atoms with van der Waals surface area (Å²) in [5.41, 5.74) is 0.137. The molecule has 1 N–H and O–H groups in total. The molecular formula is C32H30F3N3O4. The quantitative estimate of drug-likeness (QED) is 0.238. The van der Waals surface area contributed by atoms with Gasteiger partial charge in [-0.05, 0) is 88.4 Å². The molecule has 0 atom stereocenters. The Labute approximate surface area is 241 Å². The van der Waals surface area contributed by atoms with Crippen LogP contribution < -0.4 is 14.8 Å². The third-order valence-corrected chi connectivity index (χ3v) is 6.24. The number of nitrogens with one attached hydrogen (secondary N) is 1. The number of carbonyl (C=O) groups excluding carboxylic acids is 2. The summed E-state index contributed by atoms with van der Waals surface area (Å²) in [6, 6.07) is 20.7. The molecule has 218 valence electrons. The SMILES string of the molecule is CCN(C(=O)Oc1ccc(NC(=O)c2ccccc2Oc2cccc(C(F)(F)F)c2)cc1-c1ccccn1)C(C)(C)C. The molecule has 0 aliphatic heterocycles. The summed E-state index contributed by atoms with van der Waals surface area (Å²) in [5.74, 6) is -0.288. The predicted molar refractivity (Wildman–Crippen MR) is 154 cm³/mol. The number of halogens is 3. The zero-order chi connectivity index (χ0) is 30.5. The van der Waals surface area contributed by atoms with Crippen molar-refractivity contribution in [2.24, 2.45) is 0 Å². The van der Waals surface area contributed by atoms with Crippen LogP contribution in [0.15, 0.2) is 91.1 Å². The average Bonchev–Trinajstić information content (AvgIpc) is 2.94. The molecule has 0 saturated heterocycles. The Morgan fingerprint density at radius 2 is 1.62 bits per heavy atom. The van der Waals surface area contributed by atoms with E-state index in [4.69, 9.17) is 9.47 Å². The van der Waals surface area contributed by atoms with Gasteiger partial charge < -0.3 is 19.7 Å². The molecule has 4 aromatic rings. The summed E-state index contributed by atoms with van der Waals surface area (Å²) in [7, 11) is 0. The van der Waals surface area contributed by atoms with Crippen LogP contribution >= 0.6 is 0 Å². The molecule has 0 saturated carbocycles. The maximum Gasteiger partial charge on any atom is 0.416 e. The smallest absolute Gasteiger partial charge is 0.416 e. The summed E-state index contributed by atoms with van der Waals surface area (Å²) >= 11 is 0. The number of pyridine rings is 1. The Balaban J connectivity index is 1.62. The van der Waals surface area contributed by atoms with Gasteiger partial charge in [-0.25, -0.2) is 4.79 Å². The van der Waals surface area contributed by atoms with E-state index in [2.05, 4.69) is 10.3 Å². The first-order chi connectivity index (χ1) is 19.9. The highest BCUT2D eigenvalue weighted by atomic mass is 19.4. The van der Waals surface area contributed by atoms with Gasteiger partial charge in [0.15, 0.2) is 0 Å². The van der Waals surface area contributed by atoms with Gasteiger partial charge in [-0.2, -0.15) is 13.2 Å². The zero-order valence-electron chi connectivity index (χ0n) is 23.5. The van der Waals surface area contributed by atoms with Gasteiger partial charge in [0.2, 0.25) is 0 Å². The number of alkyl halides is 3. The lowest BCUT2D eigenvalue weighted by Crippen LogP contribution is -2.46. The Bertz CT molecular complexity index is 1570. The molecule has 7 nitrogen and oxygen atoms in total. The van der Waals surface area contributed by atoms with Crippen molar-refractivity contribution in [3.63, 3.8) is 0 Å². The number of aromatic nitrogens is 1. The molecule has 4 rings (SSSR count). The molecule has 0 spiro atoms. The van der Waals surface area contributed by atoms with E-state index in [0.717, 1.165) is 12.1 Å². The highest BCUT2D eigenvalue weighted by Crippen LogP contribution is 2.35. The Hall–Kier alpha value is -4.86. The molecule has 0 unspecified atom stereocenters. The van der Waals surface area contributed by atoms with Gasteiger partial charge in [0.25, 0.3) is 5.91 Å². The van der Waals surface area contributed by atoms with E-state index in [0.29, 0.717) is 23.5 Å². The molecule has 2 amide bonds. The van der Waals surface area contributed by atoms with E-state index in [9.17, 15) is 22.8 Å². The lowest BCUT2D eigenvalue weighted by atomic mass is 10.1. The molecule has 3 aromatic carbocycles. The van der Waals surface area contributed by atoms with E-state index >= 15 is 0 Å². The van der Waals surface area contributed by atoms with Crippen molar-refractivity contribution < 1.29 is 32.2 Å². The van der Waals surface area contributed by atoms with Crippen molar-refractivity contribution >= 4 is 17.7 Å². The second-order valence-electron chi connectivity index (χ2n) is 10.3. The molecule has 42 heavy (non-hydrogen) atoms. The van der Waals surface area contributed by atoms with Gasteiger partial charge in [0.1, 0.15) is 17.2 Å². The third-order valence-electron chi connectivity index (χ3n) is 6.24. The summed E-state index contributed by atoms with van der Waals surface area (Å²) < 4.78 is 51.0. The Morgan fingerprint density at radius 3 is 2.29 bits per heavy atom. The van der Waals surface area contributed by atoms with Crippen LogP contribution in [0.2, 0.25) is 0 Å². The van der Waals surface area contributed by atoms with Crippen LogP contribution in [0, 0.1) is 0 Å². The Kier molecular flexibility index (Phi) is 8.84. The number of hydrogen-bond acceptors (Lipinski definition) is 5. The fraction of sp³-hybridized carbons (Fsp3) is 0.219. The van der Waals surface area contributed by atoms with E-state index in [-0.39, 0.29) is 22.8 Å². The third kappa shape index (κ3) is 7.25. The molecule has 10 heteroatoms. The summed E-state index contributed by atoms with van der Waals surface area (Å²) in [4.78, 5) is 32.3. The second-order valence-corrected chi connectivity index (χ2v) is 10.3. The summed E-state index contributed by atoms with van der Waals surface area (Å²) in [5, 5.41) is 2.79. The number of benzene rings is 3. The van der Waals surface area contributed by atoms with Crippen LogP contribution in [0.4, 0.5) is 23.7 Å². The normalized spacial score (nSPS) is 11.5. The maximum absolute atomic E-state index is 13.3. The van der Waals surface area contributed by atoms with E-state index in [1.54, 1.807) is 59.6 Å². The first-order valence-corrected chi connectivity index (χ1v) is 13.2. The lowest BCUT2D eigenvalue weighted by molar-refractivity contribution is -0.137. The minimum Gasteiger partial charge on any atom is -0.457 e. The van der Waals surface area contributed by atoms with Crippen molar-refractivity contribution in [3.05, 3.63) is 102 Å². The summed E-state index contributed by atoms with van der Waals surface area (Å²) in [6.07, 6.45) is -3.47. The largest absolute Gasteiger partial charge is 0.457 e. The first kappa shape index (κ1) is 30.1.